The quantitative estimate of drug-likeness (QED) is 0.832. The van der Waals surface area contributed by atoms with E-state index in [1.165, 1.54) is 5.56 Å². The molecule has 1 aromatic carbocycles. The normalized spacial score (nSPS) is 22.9. The molecule has 2 atom stereocenters. The van der Waals surface area contributed by atoms with Gasteiger partial charge < -0.3 is 15.5 Å². The fraction of sp³-hybridized carbons (Fsp3) is 0.571. The number of nitrogens with zero attached hydrogens (tertiary/aromatic N) is 2. The van der Waals surface area contributed by atoms with Crippen LogP contribution in [0.5, 0.6) is 0 Å². The molecule has 0 bridgehead atoms. The van der Waals surface area contributed by atoms with Gasteiger partial charge >= 0.3 is 0 Å². The Bertz CT molecular complexity index is 701. The second-order valence-electron chi connectivity index (χ2n) is 7.62. The van der Waals surface area contributed by atoms with Gasteiger partial charge in [0.1, 0.15) is 6.04 Å². The van der Waals surface area contributed by atoms with Crippen LogP contribution < -0.4 is 10.6 Å². The van der Waals surface area contributed by atoms with Crippen molar-refractivity contribution in [2.24, 2.45) is 11.7 Å². The largest absolute Gasteiger partial charge is 0.368 e. The summed E-state index contributed by atoms with van der Waals surface area (Å²) in [4.78, 5) is 40.4. The molecule has 0 radical (unpaired) electrons. The first-order valence-corrected chi connectivity index (χ1v) is 10.0. The number of unbranched alkanes of at least 4 members (excludes halogenated alkanes) is 1. The van der Waals surface area contributed by atoms with E-state index in [1.54, 1.807) is 9.80 Å². The molecule has 0 saturated carbocycles. The molecule has 0 spiro atoms. The van der Waals surface area contributed by atoms with Crippen molar-refractivity contribution >= 4 is 23.4 Å². The lowest BCUT2D eigenvalue weighted by Crippen LogP contribution is -2.52. The van der Waals surface area contributed by atoms with Crippen molar-refractivity contribution in [3.63, 3.8) is 0 Å². The van der Waals surface area contributed by atoms with Crippen LogP contribution in [-0.2, 0) is 20.8 Å². The summed E-state index contributed by atoms with van der Waals surface area (Å²) >= 11 is 0. The van der Waals surface area contributed by atoms with Gasteiger partial charge in [-0.05, 0) is 49.8 Å². The maximum absolute atomic E-state index is 12.9. The van der Waals surface area contributed by atoms with Crippen molar-refractivity contribution in [2.45, 2.75) is 57.9 Å². The van der Waals surface area contributed by atoms with Crippen LogP contribution in [0.2, 0.25) is 0 Å². The third kappa shape index (κ3) is 4.31. The molecule has 3 amide bonds. The highest BCUT2D eigenvalue weighted by Gasteiger charge is 2.40. The van der Waals surface area contributed by atoms with Crippen LogP contribution in [0.15, 0.2) is 24.3 Å². The maximum atomic E-state index is 12.9. The Kier molecular flexibility index (Phi) is 6.14. The summed E-state index contributed by atoms with van der Waals surface area (Å²) in [5, 5.41) is 0. The van der Waals surface area contributed by atoms with Crippen molar-refractivity contribution in [3.8, 4) is 0 Å². The molecule has 6 heteroatoms. The molecule has 2 aliphatic heterocycles. The molecule has 2 aliphatic rings. The number of aryl methyl sites for hydroxylation is 1. The molecule has 27 heavy (non-hydrogen) atoms. The minimum atomic E-state index is -0.534. The van der Waals surface area contributed by atoms with Crippen LogP contribution in [0.4, 0.5) is 5.69 Å². The van der Waals surface area contributed by atoms with Crippen LogP contribution in [0.3, 0.4) is 0 Å². The monoisotopic (exact) mass is 371 g/mol. The number of rotatable bonds is 6. The maximum Gasteiger partial charge on any atom is 0.240 e. The zero-order valence-corrected chi connectivity index (χ0v) is 16.0. The van der Waals surface area contributed by atoms with E-state index in [9.17, 15) is 14.4 Å². The van der Waals surface area contributed by atoms with E-state index in [4.69, 9.17) is 5.73 Å². The number of anilines is 1. The van der Waals surface area contributed by atoms with Crippen LogP contribution in [-0.4, -0.2) is 41.8 Å². The van der Waals surface area contributed by atoms with Crippen LogP contribution in [0.1, 0.15) is 51.0 Å². The van der Waals surface area contributed by atoms with Gasteiger partial charge in [0.25, 0.3) is 0 Å². The number of benzene rings is 1. The topological polar surface area (TPSA) is 83.7 Å². The Morgan fingerprint density at radius 3 is 2.59 bits per heavy atom. The standard InChI is InChI=1S/C21H29N3O3/c1-2-3-6-15-8-10-17(11-9-15)24-14-16(13-19(24)25)21(27)23-12-5-4-7-18(23)20(22)26/h8-11,16,18H,2-7,12-14H2,1H3,(H2,22,26). The van der Waals surface area contributed by atoms with Crippen molar-refractivity contribution in [2.75, 3.05) is 18.0 Å². The van der Waals surface area contributed by atoms with Crippen molar-refractivity contribution < 1.29 is 14.4 Å². The fourth-order valence-electron chi connectivity index (χ4n) is 4.07. The van der Waals surface area contributed by atoms with Crippen molar-refractivity contribution in [1.29, 1.82) is 0 Å². The van der Waals surface area contributed by atoms with Crippen LogP contribution in [0, 0.1) is 5.92 Å². The average molecular weight is 371 g/mol. The van der Waals surface area contributed by atoms with Crippen LogP contribution in [0.25, 0.3) is 0 Å². The summed E-state index contributed by atoms with van der Waals surface area (Å²) in [6, 6.07) is 7.50. The Balaban J connectivity index is 1.67. The minimum absolute atomic E-state index is 0.0395. The molecule has 2 fully saturated rings. The van der Waals surface area contributed by atoms with Crippen molar-refractivity contribution in [3.05, 3.63) is 29.8 Å². The van der Waals surface area contributed by atoms with Gasteiger partial charge in [-0.2, -0.15) is 0 Å². The van der Waals surface area contributed by atoms with Gasteiger partial charge in [-0.1, -0.05) is 25.5 Å². The second-order valence-corrected chi connectivity index (χ2v) is 7.62. The lowest BCUT2D eigenvalue weighted by Gasteiger charge is -2.35. The smallest absolute Gasteiger partial charge is 0.240 e. The third-order valence-electron chi connectivity index (χ3n) is 5.66. The number of primary amides is 1. The zero-order valence-electron chi connectivity index (χ0n) is 16.0. The van der Waals surface area contributed by atoms with E-state index in [2.05, 4.69) is 19.1 Å². The molecule has 2 saturated heterocycles. The molecule has 2 N–H and O–H groups in total. The molecule has 146 valence electrons. The first-order chi connectivity index (χ1) is 13.0. The SMILES string of the molecule is CCCCc1ccc(N2CC(C(=O)N3CCCCC3C(N)=O)CC2=O)cc1. The molecular weight excluding hydrogens is 342 g/mol. The number of hydrogen-bond donors (Lipinski definition) is 1. The Hall–Kier alpha value is -2.37. The molecule has 2 heterocycles. The summed E-state index contributed by atoms with van der Waals surface area (Å²) < 4.78 is 0. The molecule has 0 aromatic heterocycles. The first kappa shape index (κ1) is 19.4. The third-order valence-corrected chi connectivity index (χ3v) is 5.66. The van der Waals surface area contributed by atoms with Gasteiger partial charge in [0, 0.05) is 25.2 Å². The van der Waals surface area contributed by atoms with Crippen molar-refractivity contribution in [1.82, 2.24) is 4.90 Å². The lowest BCUT2D eigenvalue weighted by molar-refractivity contribution is -0.144. The van der Waals surface area contributed by atoms with Gasteiger partial charge in [0.15, 0.2) is 0 Å². The number of amides is 3. The number of carbonyl (C=O) groups is 3. The highest BCUT2D eigenvalue weighted by molar-refractivity contribution is 6.01. The van der Waals surface area contributed by atoms with Gasteiger partial charge in [-0.25, -0.2) is 0 Å². The van der Waals surface area contributed by atoms with E-state index in [0.717, 1.165) is 37.8 Å². The second kappa shape index (κ2) is 8.55. The zero-order chi connectivity index (χ0) is 19.4. The van der Waals surface area contributed by atoms with Gasteiger partial charge in [0.2, 0.25) is 17.7 Å². The number of nitrogens with two attached hydrogens (primary N) is 1. The summed E-state index contributed by atoms with van der Waals surface area (Å²) in [5.74, 6) is -1.01. The van der Waals surface area contributed by atoms with Gasteiger partial charge in [-0.3, -0.25) is 14.4 Å². The summed E-state index contributed by atoms with van der Waals surface area (Å²) in [6.07, 6.45) is 5.92. The highest BCUT2D eigenvalue weighted by Crippen LogP contribution is 2.29. The Morgan fingerprint density at radius 1 is 1.19 bits per heavy atom. The van der Waals surface area contributed by atoms with E-state index in [-0.39, 0.29) is 18.2 Å². The molecule has 3 rings (SSSR count). The number of hydrogen-bond acceptors (Lipinski definition) is 3. The fourth-order valence-corrected chi connectivity index (χ4v) is 4.07. The average Bonchev–Trinajstić information content (AvgIpc) is 3.07. The predicted molar refractivity (Wildman–Crippen MR) is 104 cm³/mol. The molecular formula is C21H29N3O3. The Labute approximate surface area is 160 Å². The first-order valence-electron chi connectivity index (χ1n) is 10.0. The highest BCUT2D eigenvalue weighted by atomic mass is 16.2. The van der Waals surface area contributed by atoms with E-state index < -0.39 is 17.9 Å². The predicted octanol–water partition coefficient (Wildman–Crippen LogP) is 2.25. The Morgan fingerprint density at radius 2 is 1.93 bits per heavy atom. The van der Waals surface area contributed by atoms with Gasteiger partial charge in [0.05, 0.1) is 5.92 Å². The number of piperidine rings is 1. The minimum Gasteiger partial charge on any atom is -0.368 e. The van der Waals surface area contributed by atoms with Crippen LogP contribution >= 0.6 is 0 Å². The summed E-state index contributed by atoms with van der Waals surface area (Å²) in [6.45, 7) is 3.08. The number of carbonyl (C=O) groups excluding carboxylic acids is 3. The lowest BCUT2D eigenvalue weighted by atomic mass is 9.98. The summed E-state index contributed by atoms with van der Waals surface area (Å²) in [5.41, 5.74) is 7.57. The van der Waals surface area contributed by atoms with E-state index in [1.807, 2.05) is 12.1 Å². The molecule has 1 aromatic rings. The summed E-state index contributed by atoms with van der Waals surface area (Å²) in [7, 11) is 0. The number of likely N-dealkylation sites (tertiary alicyclic amines) is 1. The molecule has 6 nitrogen and oxygen atoms in total. The van der Waals surface area contributed by atoms with Gasteiger partial charge in [-0.15, -0.1) is 0 Å². The molecule has 2 unspecified atom stereocenters. The van der Waals surface area contributed by atoms with E-state index >= 15 is 0 Å². The van der Waals surface area contributed by atoms with E-state index in [0.29, 0.717) is 19.5 Å². The molecule has 0 aliphatic carbocycles.